The number of benzene rings is 1. The van der Waals surface area contributed by atoms with E-state index in [0.29, 0.717) is 0 Å². The molecular formula is C34H60BNPS. The van der Waals surface area contributed by atoms with Crippen molar-refractivity contribution in [2.75, 3.05) is 27.4 Å². The van der Waals surface area contributed by atoms with Crippen molar-refractivity contribution in [1.29, 1.82) is 0 Å². The fourth-order valence-electron chi connectivity index (χ4n) is 5.29. The Morgan fingerprint density at radius 2 is 1.37 bits per heavy atom. The summed E-state index contributed by atoms with van der Waals surface area (Å²) in [6.07, 6.45) is 16.9. The van der Waals surface area contributed by atoms with Gasteiger partial charge in [-0.1, -0.05) is 145 Å². The number of hydrogen-bond acceptors (Lipinski definition) is 2. The topological polar surface area (TPSA) is 3.24 Å². The molecule has 0 aromatic heterocycles. The second-order valence-corrected chi connectivity index (χ2v) is 17.2. The molecule has 0 aliphatic heterocycles. The van der Waals surface area contributed by atoms with Crippen molar-refractivity contribution in [2.24, 2.45) is 23.7 Å². The molecule has 4 heteroatoms. The van der Waals surface area contributed by atoms with Crippen LogP contribution in [0.25, 0.3) is 12.2 Å². The molecule has 0 heterocycles. The third kappa shape index (κ3) is 17.8. The molecule has 0 amide bonds. The average molecular weight is 557 g/mol. The molecule has 2 saturated carbocycles. The minimum atomic E-state index is 0.203. The van der Waals surface area contributed by atoms with Crippen LogP contribution in [0.2, 0.25) is 5.82 Å². The Kier molecular flexibility index (Phi) is 21.6. The lowest BCUT2D eigenvalue weighted by Crippen LogP contribution is -2.25. The first-order valence-corrected chi connectivity index (χ1v) is 18.4. The average Bonchev–Trinajstić information content (AvgIpc) is 2.87. The third-order valence-corrected chi connectivity index (χ3v) is 9.61. The highest BCUT2D eigenvalue weighted by Crippen LogP contribution is 2.42. The van der Waals surface area contributed by atoms with Crippen molar-refractivity contribution in [3.8, 4) is 0 Å². The Balaban J connectivity index is 0.000000883. The van der Waals surface area contributed by atoms with Crippen LogP contribution >= 0.6 is 18.7 Å². The van der Waals surface area contributed by atoms with Gasteiger partial charge >= 0.3 is 0 Å². The quantitative estimate of drug-likeness (QED) is 0.136. The van der Waals surface area contributed by atoms with Crippen molar-refractivity contribution >= 4 is 43.6 Å². The molecule has 2 aliphatic carbocycles. The van der Waals surface area contributed by atoms with Crippen molar-refractivity contribution in [3.05, 3.63) is 55.6 Å². The summed E-state index contributed by atoms with van der Waals surface area (Å²) in [5.41, 5.74) is 3.73. The highest BCUT2D eigenvalue weighted by atomic mass is 32.7. The monoisotopic (exact) mass is 556 g/mol. The van der Waals surface area contributed by atoms with Crippen LogP contribution in [0, 0.1) is 23.7 Å². The molecule has 1 nitrogen and oxygen atoms in total. The molecule has 0 bridgehead atoms. The van der Waals surface area contributed by atoms with E-state index in [2.05, 4.69) is 111 Å². The van der Waals surface area contributed by atoms with E-state index >= 15 is 0 Å². The predicted octanol–water partition coefficient (Wildman–Crippen LogP) is 10.8. The smallest absolute Gasteiger partial charge is 0.155 e. The van der Waals surface area contributed by atoms with Crippen LogP contribution in [0.3, 0.4) is 0 Å². The molecule has 38 heavy (non-hydrogen) atoms. The largest absolute Gasteiger partial charge is 0.253 e. The summed E-state index contributed by atoms with van der Waals surface area (Å²) in [5, 5.41) is 0. The number of nitrogens with zero attached hydrogens (tertiary/aromatic N) is 1. The van der Waals surface area contributed by atoms with Gasteiger partial charge in [-0.15, -0.1) is 13.2 Å². The van der Waals surface area contributed by atoms with E-state index in [1.807, 2.05) is 23.7 Å². The number of hydrogen-bond donors (Lipinski definition) is 0. The normalized spacial score (nSPS) is 22.7. The van der Waals surface area contributed by atoms with Crippen LogP contribution in [-0.4, -0.2) is 39.0 Å². The zero-order valence-electron chi connectivity index (χ0n) is 26.3. The summed E-state index contributed by atoms with van der Waals surface area (Å²) < 4.78 is 2.14. The van der Waals surface area contributed by atoms with Gasteiger partial charge in [0.2, 0.25) is 0 Å². The van der Waals surface area contributed by atoms with Crippen molar-refractivity contribution in [2.45, 2.75) is 91.3 Å². The van der Waals surface area contributed by atoms with E-state index in [1.165, 1.54) is 74.4 Å². The first-order valence-electron chi connectivity index (χ1n) is 14.8. The van der Waals surface area contributed by atoms with Crippen LogP contribution < -0.4 is 5.46 Å². The second kappa shape index (κ2) is 22.0. The Morgan fingerprint density at radius 1 is 0.895 bits per heavy atom. The Hall–Kier alpha value is -0.755. The fourth-order valence-corrected chi connectivity index (χ4v) is 7.90. The summed E-state index contributed by atoms with van der Waals surface area (Å²) in [5.74, 6) is 4.60. The standard InChI is InChI=1S/C24H34B.C4H12NPS.C4H10.C2H4/c1-4-21-12-15-24(17-22(21)5-2)25-23-13-10-20(11-14-23)16-19-8-6-18(3)7-9-19;1-5(2)7-6(3)4;1-4(2)3;1-2/h4-5,12,15,17-20,23H,1-2,6-11,13-14,16H2,3H3;1-4H3;4H,1-3H3;1-2H2. The number of rotatable bonds is 8. The zero-order valence-corrected chi connectivity index (χ0v) is 28.1. The van der Waals surface area contributed by atoms with E-state index in [0.717, 1.165) is 29.5 Å². The van der Waals surface area contributed by atoms with Crippen LogP contribution in [0.15, 0.2) is 44.5 Å². The Morgan fingerprint density at radius 3 is 1.76 bits per heavy atom. The first-order chi connectivity index (χ1) is 18.0. The summed E-state index contributed by atoms with van der Waals surface area (Å²) in [4.78, 5) is 0. The van der Waals surface area contributed by atoms with Crippen LogP contribution in [0.1, 0.15) is 96.6 Å². The van der Waals surface area contributed by atoms with Crippen molar-refractivity contribution in [1.82, 2.24) is 4.31 Å². The highest BCUT2D eigenvalue weighted by molar-refractivity contribution is 8.54. The van der Waals surface area contributed by atoms with Gasteiger partial charge in [-0.25, -0.2) is 0 Å². The summed E-state index contributed by atoms with van der Waals surface area (Å²) in [6, 6.07) is 6.67. The zero-order chi connectivity index (χ0) is 29.1. The third-order valence-electron chi connectivity index (χ3n) is 7.00. The SMILES string of the molecule is C=C.C=Cc1ccc([B]C2CCC(CC3CCC(C)CC3)CC2)cc1C=C.CC(C)C.CN(C)SP(C)C. The molecule has 0 saturated heterocycles. The fraction of sp³-hybridized carbons (Fsp3) is 0.647. The maximum absolute atomic E-state index is 3.94. The van der Waals surface area contributed by atoms with Gasteiger partial charge in [-0.05, 0) is 75.8 Å². The lowest BCUT2D eigenvalue weighted by Gasteiger charge is -2.33. The molecule has 1 aromatic rings. The molecule has 215 valence electrons. The molecule has 3 rings (SSSR count). The molecule has 1 aromatic carbocycles. The Labute approximate surface area is 245 Å². The van der Waals surface area contributed by atoms with Crippen molar-refractivity contribution < 1.29 is 0 Å². The Bertz CT molecular complexity index is 738. The minimum absolute atomic E-state index is 0.203. The molecule has 2 aliphatic rings. The lowest BCUT2D eigenvalue weighted by atomic mass is 9.53. The van der Waals surface area contributed by atoms with E-state index in [4.69, 9.17) is 0 Å². The van der Waals surface area contributed by atoms with E-state index < -0.39 is 0 Å². The maximum Gasteiger partial charge on any atom is 0.155 e. The molecule has 2 fully saturated rings. The van der Waals surface area contributed by atoms with Gasteiger partial charge in [0, 0.05) is 0 Å². The second-order valence-electron chi connectivity index (χ2n) is 12.0. The molecule has 1 radical (unpaired) electrons. The molecule has 0 spiro atoms. The van der Waals surface area contributed by atoms with Gasteiger partial charge in [-0.3, -0.25) is 4.31 Å². The summed E-state index contributed by atoms with van der Waals surface area (Å²) in [6.45, 7) is 27.3. The van der Waals surface area contributed by atoms with E-state index in [1.54, 1.807) is 0 Å². The predicted molar refractivity (Wildman–Crippen MR) is 185 cm³/mol. The van der Waals surface area contributed by atoms with Crippen LogP contribution in [0.4, 0.5) is 0 Å². The maximum atomic E-state index is 3.94. The van der Waals surface area contributed by atoms with E-state index in [9.17, 15) is 0 Å². The van der Waals surface area contributed by atoms with Crippen molar-refractivity contribution in [3.63, 3.8) is 0 Å². The molecular weight excluding hydrogens is 496 g/mol. The van der Waals surface area contributed by atoms with Gasteiger partial charge in [0.25, 0.3) is 0 Å². The first kappa shape index (κ1) is 37.2. The van der Waals surface area contributed by atoms with E-state index in [-0.39, 0.29) is 7.12 Å². The minimum Gasteiger partial charge on any atom is -0.253 e. The molecule has 0 N–H and O–H groups in total. The summed E-state index contributed by atoms with van der Waals surface area (Å²) >= 11 is 1.91. The molecule has 0 atom stereocenters. The van der Waals surface area contributed by atoms with Gasteiger partial charge in [0.1, 0.15) is 0 Å². The highest BCUT2D eigenvalue weighted by Gasteiger charge is 2.26. The van der Waals surface area contributed by atoms with Gasteiger partial charge < -0.3 is 0 Å². The van der Waals surface area contributed by atoms with Crippen LogP contribution in [-0.2, 0) is 0 Å². The van der Waals surface area contributed by atoms with Crippen LogP contribution in [0.5, 0.6) is 0 Å². The summed E-state index contributed by atoms with van der Waals surface area (Å²) in [7, 11) is 6.85. The molecule has 0 unspecified atom stereocenters. The van der Waals surface area contributed by atoms with Gasteiger partial charge in [-0.2, -0.15) is 0 Å². The van der Waals surface area contributed by atoms with Gasteiger partial charge in [0.15, 0.2) is 7.28 Å². The lowest BCUT2D eigenvalue weighted by molar-refractivity contribution is 0.218. The van der Waals surface area contributed by atoms with Gasteiger partial charge in [0.05, 0.1) is 0 Å².